The molecule has 182 valence electrons. The first-order chi connectivity index (χ1) is 16.9. The van der Waals surface area contributed by atoms with Gasteiger partial charge < -0.3 is 10.2 Å². The van der Waals surface area contributed by atoms with Crippen molar-refractivity contribution in [1.29, 1.82) is 0 Å². The molecule has 3 rings (SSSR count). The van der Waals surface area contributed by atoms with E-state index < -0.39 is 4.92 Å². The maximum Gasteiger partial charge on any atom is 0.269 e. The molecule has 7 heteroatoms. The molecule has 0 aliphatic carbocycles. The monoisotopic (exact) mass is 473 g/mol. The van der Waals surface area contributed by atoms with Gasteiger partial charge in [0.05, 0.1) is 4.92 Å². The summed E-state index contributed by atoms with van der Waals surface area (Å²) in [7, 11) is 0. The highest BCUT2D eigenvalue weighted by Crippen LogP contribution is 2.27. The van der Waals surface area contributed by atoms with E-state index in [-0.39, 0.29) is 42.4 Å². The van der Waals surface area contributed by atoms with Gasteiger partial charge in [0.2, 0.25) is 5.91 Å². The van der Waals surface area contributed by atoms with Crippen LogP contribution in [-0.2, 0) is 4.79 Å². The minimum absolute atomic E-state index is 0.0682. The normalized spacial score (nSPS) is 10.9. The maximum absolute atomic E-state index is 12.9. The first-order valence-electron chi connectivity index (χ1n) is 11.8. The summed E-state index contributed by atoms with van der Waals surface area (Å²) in [6.45, 7) is 4.54. The van der Waals surface area contributed by atoms with E-state index in [2.05, 4.69) is 29.6 Å². The number of non-ortho nitro benzene ring substituents is 1. The molecule has 0 aromatic heterocycles. The number of benzene rings is 3. The minimum atomic E-state index is -0.501. The maximum atomic E-state index is 12.9. The molecule has 0 bridgehead atoms. The van der Waals surface area contributed by atoms with Crippen LogP contribution in [0, 0.1) is 10.1 Å². The Hall–Kier alpha value is -4.00. The van der Waals surface area contributed by atoms with Crippen LogP contribution in [0.3, 0.4) is 0 Å². The van der Waals surface area contributed by atoms with Crippen molar-refractivity contribution >= 4 is 17.5 Å². The summed E-state index contributed by atoms with van der Waals surface area (Å²) >= 11 is 0. The molecule has 7 nitrogen and oxygen atoms in total. The fourth-order valence-corrected chi connectivity index (χ4v) is 4.05. The van der Waals surface area contributed by atoms with Crippen LogP contribution < -0.4 is 5.32 Å². The third kappa shape index (κ3) is 7.24. The van der Waals surface area contributed by atoms with Crippen LogP contribution in [0.25, 0.3) is 0 Å². The van der Waals surface area contributed by atoms with Gasteiger partial charge >= 0.3 is 0 Å². The number of carbonyl (C=O) groups is 2. The number of hydrogen-bond donors (Lipinski definition) is 1. The smallest absolute Gasteiger partial charge is 0.269 e. The molecule has 0 spiro atoms. The van der Waals surface area contributed by atoms with Gasteiger partial charge in [0.15, 0.2) is 0 Å². The fraction of sp³-hybridized carbons (Fsp3) is 0.286. The standard InChI is InChI=1S/C28H31N3O4/c1-21(2)30(28(33)24-13-15-25(16-14-24)31(34)35)20-18-27(32)29-19-17-26(22-9-5-3-6-10-22)23-11-7-4-8-12-23/h3-16,21,26H,17-20H2,1-2H3,(H,29,32). The number of nitro benzene ring substituents is 1. The molecule has 0 saturated carbocycles. The van der Waals surface area contributed by atoms with E-state index in [1.165, 1.54) is 35.4 Å². The summed E-state index contributed by atoms with van der Waals surface area (Å²) in [6, 6.07) is 25.9. The van der Waals surface area contributed by atoms with Crippen molar-refractivity contribution in [1.82, 2.24) is 10.2 Å². The number of hydrogen-bond acceptors (Lipinski definition) is 4. The van der Waals surface area contributed by atoms with Gasteiger partial charge in [-0.25, -0.2) is 0 Å². The largest absolute Gasteiger partial charge is 0.356 e. The highest BCUT2D eigenvalue weighted by Gasteiger charge is 2.21. The summed E-state index contributed by atoms with van der Waals surface area (Å²) < 4.78 is 0. The zero-order chi connectivity index (χ0) is 25.2. The Morgan fingerprint density at radius 2 is 1.43 bits per heavy atom. The molecule has 0 saturated heterocycles. The van der Waals surface area contributed by atoms with Crippen LogP contribution in [0.2, 0.25) is 0 Å². The van der Waals surface area contributed by atoms with E-state index in [1.54, 1.807) is 4.90 Å². The fourth-order valence-electron chi connectivity index (χ4n) is 4.05. The summed E-state index contributed by atoms with van der Waals surface area (Å²) in [4.78, 5) is 37.5. The van der Waals surface area contributed by atoms with Gasteiger partial charge in [-0.3, -0.25) is 19.7 Å². The summed E-state index contributed by atoms with van der Waals surface area (Å²) in [5.41, 5.74) is 2.69. The molecule has 0 aliphatic heterocycles. The van der Waals surface area contributed by atoms with Crippen LogP contribution in [0.1, 0.15) is 54.1 Å². The molecule has 0 aliphatic rings. The first-order valence-corrected chi connectivity index (χ1v) is 11.8. The Kier molecular flexibility index (Phi) is 9.12. The average Bonchev–Trinajstić information content (AvgIpc) is 2.87. The molecule has 0 radical (unpaired) electrons. The Morgan fingerprint density at radius 3 is 1.91 bits per heavy atom. The van der Waals surface area contributed by atoms with Gasteiger partial charge in [0.25, 0.3) is 11.6 Å². The summed E-state index contributed by atoms with van der Waals surface area (Å²) in [6.07, 6.45) is 0.938. The number of carbonyl (C=O) groups excluding carboxylic acids is 2. The quantitative estimate of drug-likeness (QED) is 0.307. The molecule has 0 heterocycles. The Morgan fingerprint density at radius 1 is 0.886 bits per heavy atom. The number of nitro groups is 1. The highest BCUT2D eigenvalue weighted by atomic mass is 16.6. The molecule has 0 unspecified atom stereocenters. The number of nitrogens with one attached hydrogen (secondary N) is 1. The lowest BCUT2D eigenvalue weighted by Crippen LogP contribution is -2.40. The minimum Gasteiger partial charge on any atom is -0.356 e. The summed E-state index contributed by atoms with van der Waals surface area (Å²) in [5.74, 6) is -0.198. The van der Waals surface area contributed by atoms with Crippen molar-refractivity contribution in [2.75, 3.05) is 13.1 Å². The Balaban J connectivity index is 1.55. The molecule has 3 aromatic rings. The van der Waals surface area contributed by atoms with Crippen molar-refractivity contribution in [2.24, 2.45) is 0 Å². The third-order valence-corrected chi connectivity index (χ3v) is 5.95. The lowest BCUT2D eigenvalue weighted by atomic mass is 9.88. The van der Waals surface area contributed by atoms with Gasteiger partial charge in [-0.05, 0) is 43.5 Å². The van der Waals surface area contributed by atoms with E-state index >= 15 is 0 Å². The number of nitrogens with zero attached hydrogens (tertiary/aromatic N) is 2. The van der Waals surface area contributed by atoms with Crippen LogP contribution in [0.15, 0.2) is 84.9 Å². The number of amides is 2. The average molecular weight is 474 g/mol. The molecule has 1 N–H and O–H groups in total. The lowest BCUT2D eigenvalue weighted by molar-refractivity contribution is -0.384. The van der Waals surface area contributed by atoms with E-state index in [9.17, 15) is 19.7 Å². The van der Waals surface area contributed by atoms with E-state index in [1.807, 2.05) is 50.2 Å². The van der Waals surface area contributed by atoms with Crippen LogP contribution in [0.4, 0.5) is 5.69 Å². The van der Waals surface area contributed by atoms with Crippen LogP contribution >= 0.6 is 0 Å². The molecule has 0 fully saturated rings. The SMILES string of the molecule is CC(C)N(CCC(=O)NCCC(c1ccccc1)c1ccccc1)C(=O)c1ccc([N+](=O)[O-])cc1. The highest BCUT2D eigenvalue weighted by molar-refractivity contribution is 5.94. The second-order valence-corrected chi connectivity index (χ2v) is 8.66. The predicted molar refractivity (Wildman–Crippen MR) is 136 cm³/mol. The molecule has 3 aromatic carbocycles. The molecule has 2 amide bonds. The van der Waals surface area contributed by atoms with E-state index in [0.717, 1.165) is 6.42 Å². The Labute approximate surface area is 205 Å². The van der Waals surface area contributed by atoms with Crippen molar-refractivity contribution in [3.63, 3.8) is 0 Å². The first kappa shape index (κ1) is 25.6. The van der Waals surface area contributed by atoms with Gasteiger partial charge in [0, 0.05) is 49.2 Å². The van der Waals surface area contributed by atoms with Crippen LogP contribution in [-0.4, -0.2) is 40.8 Å². The lowest BCUT2D eigenvalue weighted by Gasteiger charge is -2.26. The second kappa shape index (κ2) is 12.5. The van der Waals surface area contributed by atoms with E-state index in [0.29, 0.717) is 12.1 Å². The topological polar surface area (TPSA) is 92.6 Å². The molecule has 0 atom stereocenters. The Bertz CT molecular complexity index is 1080. The third-order valence-electron chi connectivity index (χ3n) is 5.95. The predicted octanol–water partition coefficient (Wildman–Crippen LogP) is 5.17. The molecular formula is C28H31N3O4. The van der Waals surface area contributed by atoms with E-state index in [4.69, 9.17) is 0 Å². The zero-order valence-corrected chi connectivity index (χ0v) is 20.1. The van der Waals surface area contributed by atoms with Crippen molar-refractivity contribution in [3.8, 4) is 0 Å². The van der Waals surface area contributed by atoms with Gasteiger partial charge in [0.1, 0.15) is 0 Å². The van der Waals surface area contributed by atoms with Crippen LogP contribution in [0.5, 0.6) is 0 Å². The van der Waals surface area contributed by atoms with Gasteiger partial charge in [-0.1, -0.05) is 60.7 Å². The zero-order valence-electron chi connectivity index (χ0n) is 20.1. The number of rotatable bonds is 11. The molecular weight excluding hydrogens is 442 g/mol. The van der Waals surface area contributed by atoms with Crippen molar-refractivity contribution < 1.29 is 14.5 Å². The van der Waals surface area contributed by atoms with Crippen molar-refractivity contribution in [3.05, 3.63) is 112 Å². The summed E-state index contributed by atoms with van der Waals surface area (Å²) in [5, 5.41) is 13.9. The molecule has 35 heavy (non-hydrogen) atoms. The van der Waals surface area contributed by atoms with Gasteiger partial charge in [-0.15, -0.1) is 0 Å². The van der Waals surface area contributed by atoms with Crippen molar-refractivity contribution in [2.45, 2.75) is 38.6 Å². The van der Waals surface area contributed by atoms with Gasteiger partial charge in [-0.2, -0.15) is 0 Å². The second-order valence-electron chi connectivity index (χ2n) is 8.66.